The summed E-state index contributed by atoms with van der Waals surface area (Å²) < 4.78 is 5.62. The molecule has 0 saturated carbocycles. The fourth-order valence-electron chi connectivity index (χ4n) is 4.39. The van der Waals surface area contributed by atoms with Crippen molar-refractivity contribution in [3.8, 4) is 5.75 Å². The normalized spacial score (nSPS) is 23.2. The lowest BCUT2D eigenvalue weighted by Gasteiger charge is -2.35. The molecule has 1 aliphatic carbocycles. The zero-order valence-corrected chi connectivity index (χ0v) is 23.4. The number of benzene rings is 2. The number of rotatable bonds is 9. The first-order chi connectivity index (χ1) is 18.7. The number of likely N-dealkylation sites (tertiary alicyclic amines) is 1. The summed E-state index contributed by atoms with van der Waals surface area (Å²) in [6, 6.07) is 10.8. The Morgan fingerprint density at radius 3 is 2.62 bits per heavy atom. The molecule has 1 aliphatic heterocycles. The minimum atomic E-state index is -1.57. The number of amides is 2. The zero-order valence-electron chi connectivity index (χ0n) is 21.1. The van der Waals surface area contributed by atoms with Crippen molar-refractivity contribution < 1.29 is 24.3 Å². The van der Waals surface area contributed by atoms with Gasteiger partial charge in [0.2, 0.25) is 5.91 Å². The average Bonchev–Trinajstić information content (AvgIpc) is 3.35. The third kappa shape index (κ3) is 7.33. The van der Waals surface area contributed by atoms with Gasteiger partial charge in [0.25, 0.3) is 5.91 Å². The van der Waals surface area contributed by atoms with E-state index in [4.69, 9.17) is 44.4 Å². The molecular formula is C28H28Cl3N3O5. The lowest BCUT2D eigenvalue weighted by molar-refractivity contribution is -0.143. The Kier molecular flexibility index (Phi) is 9.56. The molecule has 39 heavy (non-hydrogen) atoms. The minimum absolute atomic E-state index is 0.0631. The molecule has 2 unspecified atom stereocenters. The first-order valence-electron chi connectivity index (χ1n) is 12.4. The maximum atomic E-state index is 13.4. The molecule has 206 valence electrons. The van der Waals surface area contributed by atoms with Crippen LogP contribution in [0.1, 0.15) is 25.3 Å². The summed E-state index contributed by atoms with van der Waals surface area (Å²) in [5.41, 5.74) is -0.317. The van der Waals surface area contributed by atoms with Gasteiger partial charge in [-0.05, 0) is 54.5 Å². The van der Waals surface area contributed by atoms with Crippen LogP contribution in [0.3, 0.4) is 0 Å². The summed E-state index contributed by atoms with van der Waals surface area (Å²) >= 11 is 17.9. The first-order valence-corrected chi connectivity index (χ1v) is 13.5. The smallest absolute Gasteiger partial charge is 0.261 e. The Morgan fingerprint density at radius 2 is 1.90 bits per heavy atom. The highest BCUT2D eigenvalue weighted by Gasteiger charge is 2.42. The zero-order chi connectivity index (χ0) is 28.0. The molecule has 2 aromatic rings. The van der Waals surface area contributed by atoms with Crippen molar-refractivity contribution in [2.75, 3.05) is 13.2 Å². The number of nitrogens with one attached hydrogen (secondary N) is 1. The predicted molar refractivity (Wildman–Crippen MR) is 151 cm³/mol. The Hall–Kier alpha value is -3.04. The average molecular weight is 593 g/mol. The lowest BCUT2D eigenvalue weighted by atomic mass is 9.88. The fraction of sp³-hybridized carbons (Fsp3) is 0.321. The maximum absolute atomic E-state index is 13.4. The van der Waals surface area contributed by atoms with Crippen molar-refractivity contribution in [2.24, 2.45) is 11.1 Å². The van der Waals surface area contributed by atoms with Gasteiger partial charge in [-0.15, -0.1) is 0 Å². The van der Waals surface area contributed by atoms with Crippen LogP contribution in [-0.4, -0.2) is 52.5 Å². The van der Waals surface area contributed by atoms with E-state index in [2.05, 4.69) is 10.5 Å². The van der Waals surface area contributed by atoms with E-state index in [-0.39, 0.29) is 32.1 Å². The second kappa shape index (κ2) is 12.9. The molecule has 1 saturated heterocycles. The quantitative estimate of drug-likeness (QED) is 0.310. The maximum Gasteiger partial charge on any atom is 0.261 e. The largest absolute Gasteiger partial charge is 0.484 e. The van der Waals surface area contributed by atoms with E-state index in [9.17, 15) is 14.7 Å². The predicted octanol–water partition coefficient (Wildman–Crippen LogP) is 5.16. The first kappa shape index (κ1) is 29.0. The summed E-state index contributed by atoms with van der Waals surface area (Å²) in [6.45, 7) is 1.81. The molecule has 2 aliphatic rings. The van der Waals surface area contributed by atoms with Gasteiger partial charge in [0.15, 0.2) is 12.3 Å². The Bertz CT molecular complexity index is 1300. The number of hydrogen-bond acceptors (Lipinski definition) is 6. The molecular weight excluding hydrogens is 565 g/mol. The molecule has 1 fully saturated rings. The molecule has 11 heteroatoms. The second-order valence-corrected chi connectivity index (χ2v) is 10.5. The molecule has 2 aromatic carbocycles. The summed E-state index contributed by atoms with van der Waals surface area (Å²) in [5, 5.41) is 19.4. The second-order valence-electron chi connectivity index (χ2n) is 9.24. The number of ether oxygens (including phenoxy) is 1. The number of halogens is 3. The number of nitrogens with zero attached hydrogens (tertiary/aromatic N) is 2. The molecule has 4 rings (SSSR count). The summed E-state index contributed by atoms with van der Waals surface area (Å²) in [5.74, 6) is -0.776. The van der Waals surface area contributed by atoms with Crippen molar-refractivity contribution >= 4 is 52.3 Å². The van der Waals surface area contributed by atoms with Gasteiger partial charge >= 0.3 is 0 Å². The molecule has 0 spiro atoms. The van der Waals surface area contributed by atoms with Crippen LogP contribution in [-0.2, 0) is 21.0 Å². The van der Waals surface area contributed by atoms with Crippen LogP contribution in [0.5, 0.6) is 5.75 Å². The standard InChI is InChI=1S/C28H28Cl3N3O5/c1-2-19-5-3-4-12-28(19,37)32-27(36)25-14-21(33-39-16-18-6-11-23(30)24(31)13-18)15-34(25)26(35)17-38-22-9-7-20(29)8-10-22/h3-13,19,25,37H,2,14-17H2,1H3,(H,32,36)/t19?,25-,28?/m0/s1. The van der Waals surface area contributed by atoms with E-state index in [1.807, 2.05) is 19.1 Å². The summed E-state index contributed by atoms with van der Waals surface area (Å²) in [7, 11) is 0. The Labute approximate surface area is 241 Å². The van der Waals surface area contributed by atoms with Crippen molar-refractivity contribution in [3.05, 3.63) is 87.4 Å². The van der Waals surface area contributed by atoms with Gasteiger partial charge in [-0.1, -0.05) is 71.2 Å². The number of carbonyl (C=O) groups is 2. The third-order valence-electron chi connectivity index (χ3n) is 6.50. The van der Waals surface area contributed by atoms with Gasteiger partial charge in [0.1, 0.15) is 18.4 Å². The molecule has 0 radical (unpaired) electrons. The van der Waals surface area contributed by atoms with E-state index in [1.165, 1.54) is 4.90 Å². The highest BCUT2D eigenvalue weighted by molar-refractivity contribution is 6.42. The molecule has 0 bridgehead atoms. The van der Waals surface area contributed by atoms with Crippen molar-refractivity contribution in [2.45, 2.75) is 38.1 Å². The van der Waals surface area contributed by atoms with Crippen molar-refractivity contribution in [1.29, 1.82) is 0 Å². The van der Waals surface area contributed by atoms with Crippen molar-refractivity contribution in [3.63, 3.8) is 0 Å². The minimum Gasteiger partial charge on any atom is -0.484 e. The number of hydrogen-bond donors (Lipinski definition) is 2. The van der Waals surface area contributed by atoms with Gasteiger partial charge in [-0.25, -0.2) is 0 Å². The molecule has 2 amide bonds. The number of oxime groups is 1. The Balaban J connectivity index is 1.47. The summed E-state index contributed by atoms with van der Waals surface area (Å²) in [4.78, 5) is 33.5. The van der Waals surface area contributed by atoms with E-state index in [0.29, 0.717) is 32.9 Å². The van der Waals surface area contributed by atoms with Crippen LogP contribution in [0.25, 0.3) is 0 Å². The molecule has 2 N–H and O–H groups in total. The van der Waals surface area contributed by atoms with Crippen molar-refractivity contribution in [1.82, 2.24) is 10.2 Å². The van der Waals surface area contributed by atoms with Crippen LogP contribution in [0.4, 0.5) is 0 Å². The molecule has 3 atom stereocenters. The number of allylic oxidation sites excluding steroid dienone is 2. The molecule has 0 aromatic heterocycles. The molecule has 8 nitrogen and oxygen atoms in total. The van der Waals surface area contributed by atoms with E-state index >= 15 is 0 Å². The Morgan fingerprint density at radius 1 is 1.13 bits per heavy atom. The fourth-order valence-corrected chi connectivity index (χ4v) is 4.83. The van der Waals surface area contributed by atoms with Gasteiger partial charge in [0, 0.05) is 17.4 Å². The van der Waals surface area contributed by atoms with E-state index in [0.717, 1.165) is 5.56 Å². The van der Waals surface area contributed by atoms with E-state index < -0.39 is 23.6 Å². The van der Waals surface area contributed by atoms with Gasteiger partial charge < -0.3 is 24.9 Å². The van der Waals surface area contributed by atoms with Crippen LogP contribution >= 0.6 is 34.8 Å². The SMILES string of the molecule is CCC1C=CC=CC1(O)NC(=O)[C@@H]1CC(=NOCc2ccc(Cl)c(Cl)c2)CN1C(=O)COc1ccc(Cl)cc1. The highest BCUT2D eigenvalue weighted by atomic mass is 35.5. The van der Waals surface area contributed by atoms with Crippen LogP contribution in [0, 0.1) is 5.92 Å². The number of aliphatic hydroxyl groups is 1. The van der Waals surface area contributed by atoms with E-state index in [1.54, 1.807) is 54.6 Å². The molecule has 1 heterocycles. The third-order valence-corrected chi connectivity index (χ3v) is 7.49. The monoisotopic (exact) mass is 591 g/mol. The lowest BCUT2D eigenvalue weighted by Crippen LogP contribution is -2.57. The topological polar surface area (TPSA) is 100 Å². The van der Waals surface area contributed by atoms with Crippen LogP contribution < -0.4 is 10.1 Å². The van der Waals surface area contributed by atoms with Crippen LogP contribution in [0.15, 0.2) is 71.9 Å². The van der Waals surface area contributed by atoms with Crippen LogP contribution in [0.2, 0.25) is 15.1 Å². The van der Waals surface area contributed by atoms with Gasteiger partial charge in [-0.3, -0.25) is 9.59 Å². The van der Waals surface area contributed by atoms with Gasteiger partial charge in [-0.2, -0.15) is 0 Å². The van der Waals surface area contributed by atoms with Gasteiger partial charge in [0.05, 0.1) is 22.3 Å². The highest BCUT2D eigenvalue weighted by Crippen LogP contribution is 2.27. The number of carbonyl (C=O) groups excluding carboxylic acids is 2. The summed E-state index contributed by atoms with van der Waals surface area (Å²) in [6.07, 6.45) is 7.61.